The average Bonchev–Trinajstić information content (AvgIpc) is 3.24. The van der Waals surface area contributed by atoms with Gasteiger partial charge in [-0.1, -0.05) is 36.6 Å². The Labute approximate surface area is 197 Å². The minimum Gasteiger partial charge on any atom is -0.386 e. The first-order chi connectivity index (χ1) is 13.7. The van der Waals surface area contributed by atoms with E-state index in [0.717, 1.165) is 56.5 Å². The third-order valence-corrected chi connectivity index (χ3v) is 6.04. The van der Waals surface area contributed by atoms with E-state index in [2.05, 4.69) is 22.1 Å². The number of piperidine rings is 1. The van der Waals surface area contributed by atoms with Crippen molar-refractivity contribution in [1.82, 2.24) is 10.2 Å². The number of likely N-dealkylation sites (tertiary alicyclic amines) is 1. The number of halogens is 2. The van der Waals surface area contributed by atoms with Crippen molar-refractivity contribution in [2.24, 2.45) is 10.9 Å². The lowest BCUT2D eigenvalue weighted by atomic mass is 10.1. The largest absolute Gasteiger partial charge is 0.386 e. The summed E-state index contributed by atoms with van der Waals surface area (Å²) in [5.74, 6) is 1.66. The lowest BCUT2D eigenvalue weighted by Crippen LogP contribution is -2.47. The van der Waals surface area contributed by atoms with E-state index in [-0.39, 0.29) is 24.0 Å². The van der Waals surface area contributed by atoms with Gasteiger partial charge in [-0.15, -0.1) is 24.0 Å². The van der Waals surface area contributed by atoms with Crippen LogP contribution in [-0.2, 0) is 4.74 Å². The third kappa shape index (κ3) is 7.89. The predicted molar refractivity (Wildman–Crippen MR) is 130 cm³/mol. The van der Waals surface area contributed by atoms with Crippen LogP contribution in [0.25, 0.3) is 0 Å². The number of hydrogen-bond donors (Lipinski definition) is 2. The van der Waals surface area contributed by atoms with Gasteiger partial charge in [0, 0.05) is 31.3 Å². The second kappa shape index (κ2) is 13.0. The molecule has 2 N–H and O–H groups in total. The molecular weight excluding hydrogens is 501 g/mol. The number of aliphatic hydroxyl groups is 1. The summed E-state index contributed by atoms with van der Waals surface area (Å²) < 4.78 is 6.18. The molecule has 2 aliphatic rings. The summed E-state index contributed by atoms with van der Waals surface area (Å²) in [7, 11) is 0. The number of rotatable bonds is 7. The van der Waals surface area contributed by atoms with Gasteiger partial charge in [0.2, 0.25) is 0 Å². The van der Waals surface area contributed by atoms with Gasteiger partial charge >= 0.3 is 0 Å². The van der Waals surface area contributed by atoms with Gasteiger partial charge < -0.3 is 20.1 Å². The Morgan fingerprint density at radius 3 is 2.48 bits per heavy atom. The van der Waals surface area contributed by atoms with Crippen LogP contribution in [-0.4, -0.2) is 54.9 Å². The predicted octanol–water partition coefficient (Wildman–Crippen LogP) is 4.63. The molecule has 1 aliphatic heterocycles. The molecule has 1 aliphatic carbocycles. The molecule has 0 radical (unpaired) electrons. The molecule has 0 spiro atoms. The van der Waals surface area contributed by atoms with Crippen molar-refractivity contribution < 1.29 is 9.84 Å². The van der Waals surface area contributed by atoms with E-state index in [1.54, 1.807) is 12.1 Å². The SMILES string of the molecule is CCNC(=NCC(O)c1ccc(Cl)cc1)N1CCC(OCC2CCCC2)CC1.I. The molecule has 164 valence electrons. The molecule has 1 unspecified atom stereocenters. The van der Waals surface area contributed by atoms with Crippen LogP contribution < -0.4 is 5.32 Å². The zero-order valence-electron chi connectivity index (χ0n) is 17.4. The maximum absolute atomic E-state index is 10.4. The molecule has 1 saturated heterocycles. The van der Waals surface area contributed by atoms with E-state index >= 15 is 0 Å². The Kier molecular flexibility index (Phi) is 11.0. The molecule has 1 aromatic carbocycles. The molecular formula is C22H35ClIN3O2. The molecule has 29 heavy (non-hydrogen) atoms. The molecule has 1 atom stereocenters. The molecule has 7 heteroatoms. The highest BCUT2D eigenvalue weighted by Crippen LogP contribution is 2.26. The topological polar surface area (TPSA) is 57.1 Å². The second-order valence-electron chi connectivity index (χ2n) is 7.93. The maximum Gasteiger partial charge on any atom is 0.194 e. The van der Waals surface area contributed by atoms with Crippen LogP contribution in [0.2, 0.25) is 5.02 Å². The van der Waals surface area contributed by atoms with Gasteiger partial charge in [-0.3, -0.25) is 4.99 Å². The molecule has 0 amide bonds. The highest BCUT2D eigenvalue weighted by atomic mass is 127. The average molecular weight is 536 g/mol. The Balaban J connectivity index is 0.00000300. The van der Waals surface area contributed by atoms with Crippen LogP contribution in [0.1, 0.15) is 57.1 Å². The van der Waals surface area contributed by atoms with Crippen LogP contribution in [0, 0.1) is 5.92 Å². The molecule has 2 fully saturated rings. The number of aliphatic hydroxyl groups excluding tert-OH is 1. The van der Waals surface area contributed by atoms with E-state index in [0.29, 0.717) is 17.7 Å². The highest BCUT2D eigenvalue weighted by molar-refractivity contribution is 14.0. The van der Waals surface area contributed by atoms with E-state index < -0.39 is 6.10 Å². The zero-order valence-corrected chi connectivity index (χ0v) is 20.4. The number of ether oxygens (including phenoxy) is 1. The molecule has 1 heterocycles. The number of guanidine groups is 1. The minimum atomic E-state index is -0.627. The first-order valence-corrected chi connectivity index (χ1v) is 11.1. The van der Waals surface area contributed by atoms with Crippen LogP contribution in [0.3, 0.4) is 0 Å². The fraction of sp³-hybridized carbons (Fsp3) is 0.682. The summed E-state index contributed by atoms with van der Waals surface area (Å²) >= 11 is 5.92. The number of nitrogens with zero attached hydrogens (tertiary/aromatic N) is 2. The van der Waals surface area contributed by atoms with Crippen LogP contribution >= 0.6 is 35.6 Å². The number of aliphatic imine (C=N–C) groups is 1. The Morgan fingerprint density at radius 1 is 1.21 bits per heavy atom. The van der Waals surface area contributed by atoms with Gasteiger partial charge in [-0.25, -0.2) is 0 Å². The Bertz CT molecular complexity index is 615. The second-order valence-corrected chi connectivity index (χ2v) is 8.37. The smallest absolute Gasteiger partial charge is 0.194 e. The van der Waals surface area contributed by atoms with Crippen molar-refractivity contribution in [1.29, 1.82) is 0 Å². The van der Waals surface area contributed by atoms with Gasteiger partial charge in [0.15, 0.2) is 5.96 Å². The van der Waals surface area contributed by atoms with E-state index in [1.165, 1.54) is 25.7 Å². The lowest BCUT2D eigenvalue weighted by molar-refractivity contribution is 0.000979. The monoisotopic (exact) mass is 535 g/mol. The standard InChI is InChI=1S/C22H34ClN3O2.HI/c1-2-24-22(25-15-21(27)18-7-9-19(23)10-8-18)26-13-11-20(12-14-26)28-16-17-5-3-4-6-17;/h7-10,17,20-21,27H,2-6,11-16H2,1H3,(H,24,25);1H. The van der Waals surface area contributed by atoms with Crippen LogP contribution in [0.5, 0.6) is 0 Å². The summed E-state index contributed by atoms with van der Waals surface area (Å²) in [5, 5.41) is 14.5. The Hall–Kier alpha value is -0.570. The van der Waals surface area contributed by atoms with Crippen molar-refractivity contribution in [3.05, 3.63) is 34.9 Å². The van der Waals surface area contributed by atoms with E-state index in [4.69, 9.17) is 16.3 Å². The van der Waals surface area contributed by atoms with Crippen molar-refractivity contribution >= 4 is 41.5 Å². The Morgan fingerprint density at radius 2 is 1.86 bits per heavy atom. The molecule has 0 aromatic heterocycles. The highest BCUT2D eigenvalue weighted by Gasteiger charge is 2.24. The van der Waals surface area contributed by atoms with Crippen molar-refractivity contribution in [2.45, 2.75) is 57.7 Å². The zero-order chi connectivity index (χ0) is 19.8. The third-order valence-electron chi connectivity index (χ3n) is 5.79. The van der Waals surface area contributed by atoms with Gasteiger partial charge in [-0.2, -0.15) is 0 Å². The number of nitrogens with one attached hydrogen (secondary N) is 1. The quantitative estimate of drug-likeness (QED) is 0.304. The molecule has 1 aromatic rings. The molecule has 5 nitrogen and oxygen atoms in total. The summed E-state index contributed by atoms with van der Waals surface area (Å²) in [6, 6.07) is 7.29. The first-order valence-electron chi connectivity index (χ1n) is 10.7. The van der Waals surface area contributed by atoms with Gasteiger partial charge in [0.05, 0.1) is 18.8 Å². The van der Waals surface area contributed by atoms with Crippen LogP contribution in [0.4, 0.5) is 0 Å². The lowest BCUT2D eigenvalue weighted by Gasteiger charge is -2.34. The molecule has 1 saturated carbocycles. The summed E-state index contributed by atoms with van der Waals surface area (Å²) in [5.41, 5.74) is 0.836. The minimum absolute atomic E-state index is 0. The van der Waals surface area contributed by atoms with E-state index in [9.17, 15) is 5.11 Å². The summed E-state index contributed by atoms with van der Waals surface area (Å²) in [6.45, 7) is 6.04. The van der Waals surface area contributed by atoms with E-state index in [1.807, 2.05) is 12.1 Å². The normalized spacial score (nSPS) is 19.8. The maximum atomic E-state index is 10.4. The van der Waals surface area contributed by atoms with Crippen LogP contribution in [0.15, 0.2) is 29.3 Å². The molecule has 3 rings (SSSR count). The van der Waals surface area contributed by atoms with Crippen molar-refractivity contribution in [2.75, 3.05) is 32.8 Å². The van der Waals surface area contributed by atoms with Gasteiger partial charge in [-0.05, 0) is 56.2 Å². The van der Waals surface area contributed by atoms with Crippen molar-refractivity contribution in [3.63, 3.8) is 0 Å². The van der Waals surface area contributed by atoms with Crippen molar-refractivity contribution in [3.8, 4) is 0 Å². The summed E-state index contributed by atoms with van der Waals surface area (Å²) in [6.07, 6.45) is 7.25. The fourth-order valence-corrected chi connectivity index (χ4v) is 4.20. The van der Waals surface area contributed by atoms with Gasteiger partial charge in [0.25, 0.3) is 0 Å². The first kappa shape index (κ1) is 24.7. The number of hydrogen-bond acceptors (Lipinski definition) is 3. The fourth-order valence-electron chi connectivity index (χ4n) is 4.07. The molecule has 0 bridgehead atoms. The summed E-state index contributed by atoms with van der Waals surface area (Å²) in [4.78, 5) is 6.96. The van der Waals surface area contributed by atoms with Gasteiger partial charge in [0.1, 0.15) is 0 Å². The number of benzene rings is 1.